The monoisotopic (exact) mass is 195 g/mol. The molecule has 0 spiro atoms. The van der Waals surface area contributed by atoms with Crippen LogP contribution in [0.15, 0.2) is 17.1 Å². The van der Waals surface area contributed by atoms with Crippen LogP contribution in [-0.4, -0.2) is 16.5 Å². The van der Waals surface area contributed by atoms with Gasteiger partial charge in [-0.05, 0) is 0 Å². The molecule has 0 bridgehead atoms. The Morgan fingerprint density at radius 3 is 2.54 bits per heavy atom. The first kappa shape index (κ1) is 9.43. The summed E-state index contributed by atoms with van der Waals surface area (Å²) in [5.41, 5.74) is -1.14. The van der Waals surface area contributed by atoms with E-state index in [0.717, 1.165) is 12.3 Å². The lowest BCUT2D eigenvalue weighted by molar-refractivity contribution is -0.275. The number of aromatic nitrogens is 1. The number of nitrogens with one attached hydrogen (secondary N) is 1. The van der Waals surface area contributed by atoms with Crippen LogP contribution in [0.4, 0.5) is 13.2 Å². The third kappa shape index (κ3) is 2.39. The Hall–Kier alpha value is -1.66. The second kappa shape index (κ2) is 3.00. The van der Waals surface area contributed by atoms with Gasteiger partial charge in [0.15, 0.2) is 5.75 Å². The first-order valence-corrected chi connectivity index (χ1v) is 3.06. The van der Waals surface area contributed by atoms with Gasteiger partial charge < -0.3 is 14.8 Å². The van der Waals surface area contributed by atoms with Crippen LogP contribution in [0.1, 0.15) is 0 Å². The number of halogens is 3. The van der Waals surface area contributed by atoms with Crippen molar-refractivity contribution in [1.82, 2.24) is 4.98 Å². The molecule has 0 aliphatic heterocycles. The fraction of sp³-hybridized carbons (Fsp3) is 0.167. The highest BCUT2D eigenvalue weighted by molar-refractivity contribution is 5.34. The van der Waals surface area contributed by atoms with Gasteiger partial charge in [0.1, 0.15) is 0 Å². The van der Waals surface area contributed by atoms with E-state index in [2.05, 4.69) is 4.74 Å². The number of pyridine rings is 1. The van der Waals surface area contributed by atoms with Crippen LogP contribution in [0.3, 0.4) is 0 Å². The predicted molar refractivity (Wildman–Crippen MR) is 35.4 cm³/mol. The van der Waals surface area contributed by atoms with Gasteiger partial charge in [-0.25, -0.2) is 0 Å². The van der Waals surface area contributed by atoms with Crippen LogP contribution in [-0.2, 0) is 0 Å². The van der Waals surface area contributed by atoms with Crippen LogP contribution < -0.4 is 10.3 Å². The average Bonchev–Trinajstić information content (AvgIpc) is 1.95. The number of rotatable bonds is 1. The van der Waals surface area contributed by atoms with E-state index in [0.29, 0.717) is 0 Å². The van der Waals surface area contributed by atoms with Crippen molar-refractivity contribution in [2.75, 3.05) is 0 Å². The molecule has 0 saturated carbocycles. The molecule has 0 saturated heterocycles. The molecular formula is C6H4F3NO3. The van der Waals surface area contributed by atoms with Crippen molar-refractivity contribution in [3.05, 3.63) is 22.6 Å². The van der Waals surface area contributed by atoms with E-state index < -0.39 is 23.4 Å². The minimum Gasteiger partial charge on any atom is -0.504 e. The topological polar surface area (TPSA) is 62.3 Å². The average molecular weight is 195 g/mol. The summed E-state index contributed by atoms with van der Waals surface area (Å²) in [4.78, 5) is 12.6. The fourth-order valence-electron chi connectivity index (χ4n) is 0.668. The lowest BCUT2D eigenvalue weighted by Gasteiger charge is -2.08. The van der Waals surface area contributed by atoms with Crippen molar-refractivity contribution in [2.24, 2.45) is 0 Å². The molecular weight excluding hydrogens is 191 g/mol. The van der Waals surface area contributed by atoms with Gasteiger partial charge in [0.05, 0.1) is 0 Å². The molecule has 4 nitrogen and oxygen atoms in total. The molecule has 7 heteroatoms. The molecule has 2 N–H and O–H groups in total. The van der Waals surface area contributed by atoms with Gasteiger partial charge in [-0.2, -0.15) is 0 Å². The Labute approximate surface area is 69.6 Å². The van der Waals surface area contributed by atoms with Gasteiger partial charge in [0.25, 0.3) is 5.56 Å². The largest absolute Gasteiger partial charge is 0.573 e. The van der Waals surface area contributed by atoms with Crippen molar-refractivity contribution in [1.29, 1.82) is 0 Å². The molecule has 0 radical (unpaired) electrons. The minimum absolute atomic E-state index is 0.860. The zero-order valence-corrected chi connectivity index (χ0v) is 6.05. The number of hydrogen-bond acceptors (Lipinski definition) is 3. The minimum atomic E-state index is -4.99. The molecule has 1 aromatic rings. The summed E-state index contributed by atoms with van der Waals surface area (Å²) in [5, 5.41) is 8.81. The second-order valence-electron chi connectivity index (χ2n) is 2.07. The summed E-state index contributed by atoms with van der Waals surface area (Å²) in [6.07, 6.45) is -3.99. The molecule has 0 unspecified atom stereocenters. The van der Waals surface area contributed by atoms with Gasteiger partial charge in [-0.1, -0.05) is 0 Å². The number of aromatic hydroxyl groups is 1. The standard InChI is InChI=1S/C6H4F3NO3/c7-6(8,9)13-4-3(11)1-2-10-5(4)12/h1-2H,(H2,10,11,12). The molecule has 0 atom stereocenters. The maximum Gasteiger partial charge on any atom is 0.573 e. The zero-order chi connectivity index (χ0) is 10.1. The molecule has 0 aliphatic rings. The Morgan fingerprint density at radius 1 is 1.46 bits per heavy atom. The molecule has 13 heavy (non-hydrogen) atoms. The van der Waals surface area contributed by atoms with Crippen molar-refractivity contribution < 1.29 is 23.0 Å². The van der Waals surface area contributed by atoms with Gasteiger partial charge in [0, 0.05) is 12.3 Å². The molecule has 0 aliphatic carbocycles. The van der Waals surface area contributed by atoms with E-state index in [-0.39, 0.29) is 0 Å². The molecule has 0 amide bonds. The Kier molecular flexibility index (Phi) is 2.18. The quantitative estimate of drug-likeness (QED) is 0.702. The van der Waals surface area contributed by atoms with Crippen molar-refractivity contribution in [3.8, 4) is 11.5 Å². The molecule has 1 heterocycles. The number of hydrogen-bond donors (Lipinski definition) is 2. The third-order valence-electron chi connectivity index (χ3n) is 1.11. The van der Waals surface area contributed by atoms with Gasteiger partial charge in [0.2, 0.25) is 5.75 Å². The summed E-state index contributed by atoms with van der Waals surface area (Å²) in [5.74, 6) is -2.02. The number of H-pyrrole nitrogens is 1. The molecule has 72 valence electrons. The van der Waals surface area contributed by atoms with Crippen molar-refractivity contribution >= 4 is 0 Å². The van der Waals surface area contributed by atoms with Crippen molar-refractivity contribution in [3.63, 3.8) is 0 Å². The molecule has 1 aromatic heterocycles. The Morgan fingerprint density at radius 2 is 2.08 bits per heavy atom. The van der Waals surface area contributed by atoms with Crippen LogP contribution in [0.2, 0.25) is 0 Å². The number of alkyl halides is 3. The van der Waals surface area contributed by atoms with E-state index in [1.807, 2.05) is 4.98 Å². The lowest BCUT2D eigenvalue weighted by Crippen LogP contribution is -2.22. The van der Waals surface area contributed by atoms with E-state index in [9.17, 15) is 18.0 Å². The summed E-state index contributed by atoms with van der Waals surface area (Å²) in [6, 6.07) is 0.877. The van der Waals surface area contributed by atoms with Gasteiger partial charge in [-0.3, -0.25) is 4.79 Å². The Balaban J connectivity index is 3.08. The highest BCUT2D eigenvalue weighted by atomic mass is 19.4. The maximum absolute atomic E-state index is 11.6. The van der Waals surface area contributed by atoms with E-state index in [1.54, 1.807) is 0 Å². The second-order valence-corrected chi connectivity index (χ2v) is 2.07. The molecule has 0 aromatic carbocycles. The normalized spacial score (nSPS) is 11.3. The maximum atomic E-state index is 11.6. The van der Waals surface area contributed by atoms with Crippen LogP contribution in [0, 0.1) is 0 Å². The highest BCUT2D eigenvalue weighted by Gasteiger charge is 2.33. The lowest BCUT2D eigenvalue weighted by atomic mass is 10.4. The summed E-state index contributed by atoms with van der Waals surface area (Å²) >= 11 is 0. The first-order chi connectivity index (χ1) is 5.90. The van der Waals surface area contributed by atoms with Crippen molar-refractivity contribution in [2.45, 2.75) is 6.36 Å². The number of ether oxygens (including phenoxy) is 1. The fourth-order valence-corrected chi connectivity index (χ4v) is 0.668. The summed E-state index contributed by atoms with van der Waals surface area (Å²) in [7, 11) is 0. The summed E-state index contributed by atoms with van der Waals surface area (Å²) < 4.78 is 38.1. The van der Waals surface area contributed by atoms with Crippen LogP contribution in [0.25, 0.3) is 0 Å². The van der Waals surface area contributed by atoms with Crippen LogP contribution in [0.5, 0.6) is 11.5 Å². The van der Waals surface area contributed by atoms with E-state index in [4.69, 9.17) is 5.11 Å². The predicted octanol–water partition coefficient (Wildman–Crippen LogP) is 0.979. The first-order valence-electron chi connectivity index (χ1n) is 3.06. The molecule has 1 rings (SSSR count). The van der Waals surface area contributed by atoms with E-state index >= 15 is 0 Å². The zero-order valence-electron chi connectivity index (χ0n) is 6.05. The number of aromatic amines is 1. The third-order valence-corrected chi connectivity index (χ3v) is 1.11. The van der Waals surface area contributed by atoms with Gasteiger partial charge >= 0.3 is 6.36 Å². The Bertz CT molecular complexity index is 357. The highest BCUT2D eigenvalue weighted by Crippen LogP contribution is 2.26. The van der Waals surface area contributed by atoms with Gasteiger partial charge in [-0.15, -0.1) is 13.2 Å². The SMILES string of the molecule is O=c1[nH]ccc(O)c1OC(F)(F)F. The van der Waals surface area contributed by atoms with Crippen LogP contribution >= 0.6 is 0 Å². The summed E-state index contributed by atoms with van der Waals surface area (Å²) in [6.45, 7) is 0. The van der Waals surface area contributed by atoms with E-state index in [1.165, 1.54) is 0 Å². The smallest absolute Gasteiger partial charge is 0.504 e. The molecule has 0 fully saturated rings.